The summed E-state index contributed by atoms with van der Waals surface area (Å²) < 4.78 is 0. The summed E-state index contributed by atoms with van der Waals surface area (Å²) in [5.41, 5.74) is 0. The number of carboxylic acid groups (broad SMARTS) is 1. The summed E-state index contributed by atoms with van der Waals surface area (Å²) in [6.07, 6.45) is 0. The van der Waals surface area contributed by atoms with Gasteiger partial charge >= 0.3 is 11.9 Å². The van der Waals surface area contributed by atoms with Crippen molar-refractivity contribution in [3.8, 4) is 0 Å². The SMILES string of the molecule is O=C(O)C(=O)OO.OO. The van der Waals surface area contributed by atoms with Gasteiger partial charge in [0, 0.05) is 0 Å². The van der Waals surface area contributed by atoms with Crippen molar-refractivity contribution in [3.63, 3.8) is 0 Å². The molecule has 9 heavy (non-hydrogen) atoms. The molecule has 0 heterocycles. The van der Waals surface area contributed by atoms with Crippen molar-refractivity contribution in [3.05, 3.63) is 0 Å². The molecule has 4 N–H and O–H groups in total. The molecule has 54 valence electrons. The maximum Gasteiger partial charge on any atom is 0.449 e. The largest absolute Gasteiger partial charge is 0.473 e. The lowest BCUT2D eigenvalue weighted by atomic mass is 10.7. The highest BCUT2D eigenvalue weighted by Crippen LogP contribution is 1.67. The third kappa shape index (κ3) is 6.82. The molecule has 0 aromatic rings. The Bertz CT molecular complexity index is 95.1. The fourth-order valence-corrected chi connectivity index (χ4v) is 0.0390. The van der Waals surface area contributed by atoms with Crippen molar-refractivity contribution >= 4 is 11.9 Å². The molecule has 0 aliphatic carbocycles. The Morgan fingerprint density at radius 1 is 1.22 bits per heavy atom. The highest BCUT2D eigenvalue weighted by atomic mass is 17.1. The minimum atomic E-state index is -1.82. The summed E-state index contributed by atoms with van der Waals surface area (Å²) in [4.78, 5) is 21.5. The van der Waals surface area contributed by atoms with Crippen molar-refractivity contribution in [2.24, 2.45) is 0 Å². The van der Waals surface area contributed by atoms with Gasteiger partial charge in [-0.1, -0.05) is 0 Å². The second-order valence-corrected chi connectivity index (χ2v) is 0.684. The molecule has 0 aromatic carbocycles. The van der Waals surface area contributed by atoms with Crippen LogP contribution in [-0.2, 0) is 14.5 Å². The molecular formula is C2H4O7. The Balaban J connectivity index is 0. The van der Waals surface area contributed by atoms with Gasteiger partial charge in [-0.15, -0.1) is 0 Å². The first-order chi connectivity index (χ1) is 4.18. The maximum atomic E-state index is 9.44. The second kappa shape index (κ2) is 6.82. The predicted molar refractivity (Wildman–Crippen MR) is 21.6 cm³/mol. The smallest absolute Gasteiger partial charge is 0.449 e. The number of carbonyl (C=O) groups is 2. The third-order valence-corrected chi connectivity index (χ3v) is 0.258. The van der Waals surface area contributed by atoms with Gasteiger partial charge in [-0.25, -0.2) is 9.59 Å². The lowest BCUT2D eigenvalue weighted by Gasteiger charge is -1.82. The van der Waals surface area contributed by atoms with E-state index in [2.05, 4.69) is 4.89 Å². The number of carboxylic acids is 1. The van der Waals surface area contributed by atoms with Crippen LogP contribution in [0.25, 0.3) is 0 Å². The van der Waals surface area contributed by atoms with E-state index in [1.165, 1.54) is 0 Å². The molecule has 0 radical (unpaired) electrons. The van der Waals surface area contributed by atoms with Crippen LogP contribution < -0.4 is 0 Å². The topological polar surface area (TPSA) is 124 Å². The van der Waals surface area contributed by atoms with Crippen LogP contribution in [0.3, 0.4) is 0 Å². The molecule has 0 spiro atoms. The van der Waals surface area contributed by atoms with Crippen molar-refractivity contribution in [1.82, 2.24) is 0 Å². The average molecular weight is 140 g/mol. The summed E-state index contributed by atoms with van der Waals surface area (Å²) in [6.45, 7) is 0. The van der Waals surface area contributed by atoms with E-state index in [0.29, 0.717) is 0 Å². The minimum absolute atomic E-state index is 1.68. The number of hydrogen-bond acceptors (Lipinski definition) is 6. The number of hydrogen-bond donors (Lipinski definition) is 4. The lowest BCUT2D eigenvalue weighted by Crippen LogP contribution is -2.13. The van der Waals surface area contributed by atoms with Gasteiger partial charge in [0.2, 0.25) is 0 Å². The molecule has 0 atom stereocenters. The quantitative estimate of drug-likeness (QED) is 0.195. The van der Waals surface area contributed by atoms with Gasteiger partial charge in [0.15, 0.2) is 0 Å². The minimum Gasteiger partial charge on any atom is -0.473 e. The molecule has 0 saturated carbocycles. The summed E-state index contributed by atoms with van der Waals surface area (Å²) in [6, 6.07) is 0. The van der Waals surface area contributed by atoms with Gasteiger partial charge in [-0.05, 0) is 0 Å². The molecule has 7 heteroatoms. The third-order valence-electron chi connectivity index (χ3n) is 0.258. The second-order valence-electron chi connectivity index (χ2n) is 0.684. The average Bonchev–Trinajstić information content (AvgIpc) is 1.91. The first-order valence-corrected chi connectivity index (χ1v) is 1.47. The Kier molecular flexibility index (Phi) is 8.14. The van der Waals surface area contributed by atoms with E-state index < -0.39 is 11.9 Å². The first kappa shape index (κ1) is 10.7. The van der Waals surface area contributed by atoms with Gasteiger partial charge in [-0.3, -0.25) is 15.4 Å². The van der Waals surface area contributed by atoms with Crippen LogP contribution in [-0.4, -0.2) is 32.8 Å². The van der Waals surface area contributed by atoms with E-state index in [-0.39, 0.29) is 0 Å². The van der Waals surface area contributed by atoms with Gasteiger partial charge in [-0.2, -0.15) is 5.26 Å². The van der Waals surface area contributed by atoms with Crippen LogP contribution >= 0.6 is 0 Å². The molecule has 0 aliphatic heterocycles. The molecule has 0 amide bonds. The fraction of sp³-hybridized carbons (Fsp3) is 0. The van der Waals surface area contributed by atoms with E-state index in [1.54, 1.807) is 0 Å². The summed E-state index contributed by atoms with van der Waals surface area (Å²) >= 11 is 0. The number of rotatable bonds is 0. The van der Waals surface area contributed by atoms with E-state index in [1.807, 2.05) is 0 Å². The molecule has 0 aromatic heterocycles. The van der Waals surface area contributed by atoms with Crippen LogP contribution in [0.2, 0.25) is 0 Å². The Morgan fingerprint density at radius 2 is 1.56 bits per heavy atom. The lowest BCUT2D eigenvalue weighted by molar-refractivity contribution is -0.235. The number of aliphatic carboxylic acids is 1. The van der Waals surface area contributed by atoms with Gasteiger partial charge in [0.05, 0.1) is 0 Å². The molecule has 0 fully saturated rings. The zero-order valence-electron chi connectivity index (χ0n) is 4.01. The Morgan fingerprint density at radius 3 is 1.56 bits per heavy atom. The zero-order valence-corrected chi connectivity index (χ0v) is 4.01. The molecule has 0 saturated heterocycles. The van der Waals surface area contributed by atoms with Gasteiger partial charge in [0.25, 0.3) is 0 Å². The highest BCUT2D eigenvalue weighted by molar-refractivity contribution is 6.28. The Hall–Kier alpha value is -1.18. The van der Waals surface area contributed by atoms with E-state index in [9.17, 15) is 9.59 Å². The van der Waals surface area contributed by atoms with E-state index >= 15 is 0 Å². The van der Waals surface area contributed by atoms with Crippen molar-refractivity contribution in [2.75, 3.05) is 0 Å². The Labute approximate surface area is 48.6 Å². The van der Waals surface area contributed by atoms with Crippen LogP contribution in [0.15, 0.2) is 0 Å². The summed E-state index contributed by atoms with van der Waals surface area (Å²) in [7, 11) is 0. The summed E-state index contributed by atoms with van der Waals surface area (Å²) in [5, 5.41) is 26.8. The van der Waals surface area contributed by atoms with Crippen LogP contribution in [0.5, 0.6) is 0 Å². The normalized spacial score (nSPS) is 6.56. The van der Waals surface area contributed by atoms with E-state index in [0.717, 1.165) is 0 Å². The molecule has 0 aliphatic rings. The first-order valence-electron chi connectivity index (χ1n) is 1.47. The predicted octanol–water partition coefficient (Wildman–Crippen LogP) is -0.895. The zero-order chi connectivity index (χ0) is 7.86. The van der Waals surface area contributed by atoms with Crippen molar-refractivity contribution in [2.45, 2.75) is 0 Å². The molecular weight excluding hydrogens is 136 g/mol. The van der Waals surface area contributed by atoms with Crippen molar-refractivity contribution < 1.29 is 35.4 Å². The highest BCUT2D eigenvalue weighted by Gasteiger charge is 2.10. The van der Waals surface area contributed by atoms with Crippen LogP contribution in [0.4, 0.5) is 0 Å². The molecule has 0 bridgehead atoms. The standard InChI is InChI=1S/C2H2O5.H2O2/c3-1(4)2(5)7-6;1-2/h6H,(H,3,4);1-2H. The fourth-order valence-electron chi connectivity index (χ4n) is 0.0390. The van der Waals surface area contributed by atoms with Gasteiger partial charge < -0.3 is 5.11 Å². The molecule has 0 rings (SSSR count). The van der Waals surface area contributed by atoms with Gasteiger partial charge in [0.1, 0.15) is 0 Å². The molecule has 7 nitrogen and oxygen atoms in total. The molecule has 0 unspecified atom stereocenters. The van der Waals surface area contributed by atoms with Crippen LogP contribution in [0.1, 0.15) is 0 Å². The number of carbonyl (C=O) groups excluding carboxylic acids is 1. The van der Waals surface area contributed by atoms with Crippen LogP contribution in [0, 0.1) is 0 Å². The summed E-state index contributed by atoms with van der Waals surface area (Å²) in [5.74, 6) is -3.50. The van der Waals surface area contributed by atoms with Crippen molar-refractivity contribution in [1.29, 1.82) is 0 Å². The maximum absolute atomic E-state index is 9.44. The monoisotopic (exact) mass is 140 g/mol. The van der Waals surface area contributed by atoms with E-state index in [4.69, 9.17) is 20.9 Å².